The van der Waals surface area contributed by atoms with Gasteiger partial charge in [0.25, 0.3) is 5.91 Å². The Morgan fingerprint density at radius 2 is 1.73 bits per heavy atom. The number of carbonyl (C=O) groups is 1. The van der Waals surface area contributed by atoms with Crippen molar-refractivity contribution in [2.24, 2.45) is 0 Å². The van der Waals surface area contributed by atoms with Crippen LogP contribution in [0.3, 0.4) is 0 Å². The van der Waals surface area contributed by atoms with Gasteiger partial charge in [-0.15, -0.1) is 0 Å². The molecule has 0 bridgehead atoms. The van der Waals surface area contributed by atoms with Crippen molar-refractivity contribution in [1.29, 1.82) is 0 Å². The number of carbonyl (C=O) groups excluding carboxylic acids is 1. The zero-order valence-corrected chi connectivity index (χ0v) is 13.5. The van der Waals surface area contributed by atoms with E-state index in [2.05, 4.69) is 24.4 Å². The molecule has 0 aliphatic carbocycles. The molecule has 0 saturated heterocycles. The number of hydrogen-bond donors (Lipinski definition) is 1. The van der Waals surface area contributed by atoms with Crippen LogP contribution in [0.1, 0.15) is 25.3 Å². The summed E-state index contributed by atoms with van der Waals surface area (Å²) in [6.45, 7) is 4.36. The first-order chi connectivity index (χ1) is 10.6. The summed E-state index contributed by atoms with van der Waals surface area (Å²) in [6, 6.07) is 17.2. The van der Waals surface area contributed by atoms with E-state index in [9.17, 15) is 4.79 Å². The SMILES string of the molecule is C[C@H](Oc1ccccc1Cl)C(=O)NC[C@@H](C)c1ccccc1. The summed E-state index contributed by atoms with van der Waals surface area (Å²) in [6.07, 6.45) is -0.595. The fourth-order valence-corrected chi connectivity index (χ4v) is 2.26. The van der Waals surface area contributed by atoms with E-state index in [0.29, 0.717) is 17.3 Å². The monoisotopic (exact) mass is 317 g/mol. The summed E-state index contributed by atoms with van der Waals surface area (Å²) < 4.78 is 5.60. The van der Waals surface area contributed by atoms with Crippen LogP contribution in [0.5, 0.6) is 5.75 Å². The second kappa shape index (κ2) is 7.85. The van der Waals surface area contributed by atoms with E-state index in [1.807, 2.05) is 30.3 Å². The number of para-hydroxylation sites is 1. The van der Waals surface area contributed by atoms with Crippen LogP contribution in [0.2, 0.25) is 5.02 Å². The number of hydrogen-bond acceptors (Lipinski definition) is 2. The standard InChI is InChI=1S/C18H20ClNO2/c1-13(15-8-4-3-5-9-15)12-20-18(21)14(2)22-17-11-7-6-10-16(17)19/h3-11,13-14H,12H2,1-2H3,(H,20,21)/t13-,14+/m1/s1. The molecule has 1 amide bonds. The van der Waals surface area contributed by atoms with Gasteiger partial charge >= 0.3 is 0 Å². The van der Waals surface area contributed by atoms with Crippen molar-refractivity contribution >= 4 is 17.5 Å². The van der Waals surface area contributed by atoms with Gasteiger partial charge < -0.3 is 10.1 Å². The molecule has 0 fully saturated rings. The molecule has 116 valence electrons. The van der Waals surface area contributed by atoms with Crippen LogP contribution in [0.25, 0.3) is 0 Å². The first-order valence-corrected chi connectivity index (χ1v) is 7.69. The number of halogens is 1. The number of amides is 1. The summed E-state index contributed by atoms with van der Waals surface area (Å²) in [5.74, 6) is 0.614. The fraction of sp³-hybridized carbons (Fsp3) is 0.278. The Balaban J connectivity index is 1.85. The van der Waals surface area contributed by atoms with Crippen LogP contribution in [-0.4, -0.2) is 18.6 Å². The molecular weight excluding hydrogens is 298 g/mol. The zero-order valence-electron chi connectivity index (χ0n) is 12.8. The van der Waals surface area contributed by atoms with E-state index in [4.69, 9.17) is 16.3 Å². The Kier molecular flexibility index (Phi) is 5.84. The average molecular weight is 318 g/mol. The lowest BCUT2D eigenvalue weighted by molar-refractivity contribution is -0.127. The van der Waals surface area contributed by atoms with E-state index in [1.165, 1.54) is 5.56 Å². The largest absolute Gasteiger partial charge is 0.479 e. The molecule has 2 aromatic rings. The third-order valence-electron chi connectivity index (χ3n) is 3.46. The third-order valence-corrected chi connectivity index (χ3v) is 3.77. The van der Waals surface area contributed by atoms with Crippen molar-refractivity contribution in [1.82, 2.24) is 5.32 Å². The first kappa shape index (κ1) is 16.4. The maximum atomic E-state index is 12.1. The highest BCUT2D eigenvalue weighted by molar-refractivity contribution is 6.32. The molecule has 3 nitrogen and oxygen atoms in total. The average Bonchev–Trinajstić information content (AvgIpc) is 2.55. The topological polar surface area (TPSA) is 38.3 Å². The minimum Gasteiger partial charge on any atom is -0.479 e. The van der Waals surface area contributed by atoms with Crippen LogP contribution >= 0.6 is 11.6 Å². The molecule has 1 N–H and O–H groups in total. The molecule has 0 heterocycles. The van der Waals surface area contributed by atoms with Gasteiger partial charge in [-0.2, -0.15) is 0 Å². The molecule has 0 aliphatic heterocycles. The van der Waals surface area contributed by atoms with Gasteiger partial charge in [-0.1, -0.05) is 61.0 Å². The summed E-state index contributed by atoms with van der Waals surface area (Å²) in [4.78, 5) is 12.1. The second-order valence-corrected chi connectivity index (χ2v) is 5.65. The smallest absolute Gasteiger partial charge is 0.260 e. The van der Waals surface area contributed by atoms with Gasteiger partial charge in [-0.3, -0.25) is 4.79 Å². The van der Waals surface area contributed by atoms with Crippen LogP contribution in [0.4, 0.5) is 0 Å². The Bertz CT molecular complexity index is 615. The van der Waals surface area contributed by atoms with Crippen molar-refractivity contribution in [3.8, 4) is 5.75 Å². The molecule has 2 atom stereocenters. The van der Waals surface area contributed by atoms with Gasteiger partial charge in [0.05, 0.1) is 5.02 Å². The predicted octanol–water partition coefficient (Wildman–Crippen LogP) is 4.03. The quantitative estimate of drug-likeness (QED) is 0.873. The maximum Gasteiger partial charge on any atom is 0.260 e. The van der Waals surface area contributed by atoms with Crippen LogP contribution in [0, 0.1) is 0 Å². The van der Waals surface area contributed by atoms with E-state index < -0.39 is 6.10 Å². The van der Waals surface area contributed by atoms with Crippen molar-refractivity contribution in [3.05, 3.63) is 65.2 Å². The van der Waals surface area contributed by atoms with Crippen molar-refractivity contribution in [3.63, 3.8) is 0 Å². The van der Waals surface area contributed by atoms with E-state index >= 15 is 0 Å². The van der Waals surface area contributed by atoms with Crippen molar-refractivity contribution in [2.75, 3.05) is 6.54 Å². The molecule has 0 unspecified atom stereocenters. The van der Waals surface area contributed by atoms with Gasteiger partial charge in [-0.25, -0.2) is 0 Å². The molecule has 0 aromatic heterocycles. The lowest BCUT2D eigenvalue weighted by Crippen LogP contribution is -2.38. The highest BCUT2D eigenvalue weighted by Gasteiger charge is 2.16. The lowest BCUT2D eigenvalue weighted by Gasteiger charge is -2.18. The molecule has 2 aromatic carbocycles. The van der Waals surface area contributed by atoms with Gasteiger partial charge in [0.15, 0.2) is 6.10 Å². The van der Waals surface area contributed by atoms with Gasteiger partial charge in [0, 0.05) is 6.54 Å². The minimum absolute atomic E-state index is 0.150. The summed E-state index contributed by atoms with van der Waals surface area (Å²) >= 11 is 6.02. The molecule has 22 heavy (non-hydrogen) atoms. The summed E-state index contributed by atoms with van der Waals surface area (Å²) in [5.41, 5.74) is 1.20. The van der Waals surface area contributed by atoms with Crippen molar-refractivity contribution in [2.45, 2.75) is 25.9 Å². The second-order valence-electron chi connectivity index (χ2n) is 5.25. The van der Waals surface area contributed by atoms with Crippen LogP contribution in [-0.2, 0) is 4.79 Å². The van der Waals surface area contributed by atoms with E-state index in [1.54, 1.807) is 19.1 Å². The van der Waals surface area contributed by atoms with Gasteiger partial charge in [0.2, 0.25) is 0 Å². The predicted molar refractivity (Wildman–Crippen MR) is 89.4 cm³/mol. The molecule has 0 saturated carbocycles. The molecule has 4 heteroatoms. The fourth-order valence-electron chi connectivity index (χ4n) is 2.08. The number of benzene rings is 2. The maximum absolute atomic E-state index is 12.1. The Morgan fingerprint density at radius 1 is 1.09 bits per heavy atom. The highest BCUT2D eigenvalue weighted by Crippen LogP contribution is 2.24. The van der Waals surface area contributed by atoms with Crippen molar-refractivity contribution < 1.29 is 9.53 Å². The normalized spacial score (nSPS) is 13.2. The Hall–Kier alpha value is -2.00. The lowest BCUT2D eigenvalue weighted by atomic mass is 10.0. The number of rotatable bonds is 6. The molecule has 0 radical (unpaired) electrons. The van der Waals surface area contributed by atoms with Gasteiger partial charge in [-0.05, 0) is 30.5 Å². The molecular formula is C18H20ClNO2. The van der Waals surface area contributed by atoms with E-state index in [0.717, 1.165) is 0 Å². The molecule has 0 aliphatic rings. The molecule has 2 rings (SSSR count). The zero-order chi connectivity index (χ0) is 15.9. The summed E-state index contributed by atoms with van der Waals surface area (Å²) in [7, 11) is 0. The Morgan fingerprint density at radius 3 is 2.41 bits per heavy atom. The number of ether oxygens (including phenoxy) is 1. The van der Waals surface area contributed by atoms with Crippen LogP contribution in [0.15, 0.2) is 54.6 Å². The highest BCUT2D eigenvalue weighted by atomic mass is 35.5. The van der Waals surface area contributed by atoms with Crippen LogP contribution < -0.4 is 10.1 Å². The first-order valence-electron chi connectivity index (χ1n) is 7.31. The summed E-state index contributed by atoms with van der Waals surface area (Å²) in [5, 5.41) is 3.41. The Labute approximate surface area is 136 Å². The van der Waals surface area contributed by atoms with Gasteiger partial charge in [0.1, 0.15) is 5.75 Å². The van der Waals surface area contributed by atoms with E-state index in [-0.39, 0.29) is 11.8 Å². The molecule has 0 spiro atoms. The minimum atomic E-state index is -0.595. The third kappa shape index (κ3) is 4.50. The number of nitrogens with one attached hydrogen (secondary N) is 1.